The first kappa shape index (κ1) is 20.4. The number of ether oxygens (including phenoxy) is 1. The van der Waals surface area contributed by atoms with Crippen molar-refractivity contribution in [1.29, 1.82) is 0 Å². The van der Waals surface area contributed by atoms with Gasteiger partial charge in [0.1, 0.15) is 17.3 Å². The van der Waals surface area contributed by atoms with Crippen LogP contribution in [0, 0.1) is 19.7 Å². The highest BCUT2D eigenvalue weighted by molar-refractivity contribution is 6.30. The predicted molar refractivity (Wildman–Crippen MR) is 97.1 cm³/mol. The van der Waals surface area contributed by atoms with Gasteiger partial charge in [-0.1, -0.05) is 18.2 Å². The average Bonchev–Trinajstić information content (AvgIpc) is 2.94. The van der Waals surface area contributed by atoms with E-state index in [0.29, 0.717) is 23.8 Å². The summed E-state index contributed by atoms with van der Waals surface area (Å²) in [4.78, 5) is 27.8. The summed E-state index contributed by atoms with van der Waals surface area (Å²) in [7, 11) is 0. The highest BCUT2D eigenvalue weighted by Crippen LogP contribution is 2.20. The average molecular weight is 396 g/mol. The van der Waals surface area contributed by atoms with E-state index in [0.717, 1.165) is 6.07 Å². The number of amides is 2. The van der Waals surface area contributed by atoms with Crippen molar-refractivity contribution < 1.29 is 23.1 Å². The highest BCUT2D eigenvalue weighted by Gasteiger charge is 2.15. The first-order valence-corrected chi connectivity index (χ1v) is 8.41. The second kappa shape index (κ2) is 9.18. The Morgan fingerprint density at radius 2 is 2.11 bits per heavy atom. The van der Waals surface area contributed by atoms with E-state index >= 15 is 0 Å². The molecular weight excluding hydrogens is 377 g/mol. The number of carbonyl (C=O) groups excluding carboxylic acids is 2. The Labute approximate surface area is 160 Å². The fourth-order valence-corrected chi connectivity index (χ4v) is 2.28. The smallest absolute Gasteiger partial charge is 0.273 e. The molecule has 0 aliphatic carbocycles. The van der Waals surface area contributed by atoms with Gasteiger partial charge in [0.2, 0.25) is 0 Å². The lowest BCUT2D eigenvalue weighted by atomic mass is 10.3. The maximum atomic E-state index is 13.3. The molecule has 0 saturated carbocycles. The Bertz CT molecular complexity index is 866. The number of hydrogen-bond donors (Lipinski definition) is 2. The lowest BCUT2D eigenvalue weighted by Crippen LogP contribution is -2.31. The summed E-state index contributed by atoms with van der Waals surface area (Å²) in [5.74, 6) is -0.417. The van der Waals surface area contributed by atoms with Crippen molar-refractivity contribution in [2.24, 2.45) is 0 Å². The number of hydrogen-bond acceptors (Lipinski definition) is 5. The number of nitrogens with one attached hydrogen (secondary N) is 2. The molecule has 1 heterocycles. The van der Waals surface area contributed by atoms with Crippen LogP contribution in [0.4, 0.5) is 4.39 Å². The number of benzene rings is 1. The minimum Gasteiger partial charge on any atom is -0.484 e. The molecular formula is C18H19ClFN3O4. The molecule has 2 aromatic rings. The Morgan fingerprint density at radius 1 is 1.37 bits per heavy atom. The summed E-state index contributed by atoms with van der Waals surface area (Å²) in [5.41, 5.74) is 0.630. The van der Waals surface area contributed by atoms with Crippen LogP contribution in [0.15, 0.2) is 34.9 Å². The fourth-order valence-electron chi connectivity index (χ4n) is 2.16. The molecule has 0 aliphatic heterocycles. The Kier molecular flexibility index (Phi) is 6.95. The normalized spacial score (nSPS) is 10.4. The molecule has 0 saturated heterocycles. The van der Waals surface area contributed by atoms with Crippen LogP contribution >= 0.6 is 11.6 Å². The maximum absolute atomic E-state index is 13.3. The minimum atomic E-state index is -0.632. The van der Waals surface area contributed by atoms with Gasteiger partial charge in [-0.2, -0.15) is 0 Å². The third-order valence-corrected chi connectivity index (χ3v) is 3.71. The first-order chi connectivity index (χ1) is 12.8. The summed E-state index contributed by atoms with van der Waals surface area (Å²) in [6.07, 6.45) is 0.322. The van der Waals surface area contributed by atoms with Crippen LogP contribution in [-0.2, 0) is 4.79 Å². The highest BCUT2D eigenvalue weighted by atomic mass is 35.5. The quantitative estimate of drug-likeness (QED) is 0.716. The van der Waals surface area contributed by atoms with Gasteiger partial charge in [0.15, 0.2) is 18.2 Å². The van der Waals surface area contributed by atoms with Crippen molar-refractivity contribution in [3.8, 4) is 5.75 Å². The monoisotopic (exact) mass is 395 g/mol. The third-order valence-electron chi connectivity index (χ3n) is 3.41. The van der Waals surface area contributed by atoms with E-state index in [2.05, 4.69) is 22.2 Å². The molecule has 2 N–H and O–H groups in total. The van der Waals surface area contributed by atoms with Crippen LogP contribution in [0.2, 0.25) is 5.02 Å². The number of halogens is 2. The Balaban J connectivity index is 1.70. The largest absolute Gasteiger partial charge is 0.484 e. The van der Waals surface area contributed by atoms with Crippen LogP contribution in [-0.4, -0.2) is 29.9 Å². The lowest BCUT2D eigenvalue weighted by Gasteiger charge is -2.10. The zero-order chi connectivity index (χ0) is 20.0. The van der Waals surface area contributed by atoms with E-state index < -0.39 is 11.7 Å². The summed E-state index contributed by atoms with van der Waals surface area (Å²) >= 11 is 5.57. The molecule has 0 radical (unpaired) electrons. The maximum Gasteiger partial charge on any atom is 0.273 e. The van der Waals surface area contributed by atoms with Gasteiger partial charge in [-0.15, -0.1) is 0 Å². The van der Waals surface area contributed by atoms with E-state index in [-0.39, 0.29) is 35.5 Å². The van der Waals surface area contributed by atoms with Crippen molar-refractivity contribution in [3.63, 3.8) is 0 Å². The third kappa shape index (κ3) is 6.10. The zero-order valence-corrected chi connectivity index (χ0v) is 15.7. The van der Waals surface area contributed by atoms with Gasteiger partial charge >= 0.3 is 0 Å². The number of oxazole rings is 1. The molecule has 0 unspecified atom stereocenters. The van der Waals surface area contributed by atoms with Gasteiger partial charge in [0.05, 0.1) is 5.02 Å². The van der Waals surface area contributed by atoms with Crippen molar-refractivity contribution in [1.82, 2.24) is 15.6 Å². The number of rotatable bonds is 8. The Morgan fingerprint density at radius 3 is 2.74 bits per heavy atom. The van der Waals surface area contributed by atoms with Crippen LogP contribution in [0.3, 0.4) is 0 Å². The predicted octanol–water partition coefficient (Wildman–Crippen LogP) is 2.91. The molecule has 0 spiro atoms. The van der Waals surface area contributed by atoms with Crippen molar-refractivity contribution >= 4 is 23.4 Å². The molecule has 0 aliphatic rings. The van der Waals surface area contributed by atoms with Gasteiger partial charge in [-0.25, -0.2) is 9.37 Å². The van der Waals surface area contributed by atoms with Gasteiger partial charge in [-0.05, 0) is 19.1 Å². The topological polar surface area (TPSA) is 93.5 Å². The van der Waals surface area contributed by atoms with Gasteiger partial charge in [0.25, 0.3) is 11.8 Å². The minimum absolute atomic E-state index is 0.0294. The molecule has 1 aromatic heterocycles. The van der Waals surface area contributed by atoms with Crippen LogP contribution in [0.5, 0.6) is 5.75 Å². The number of carbonyl (C=O) groups is 2. The molecule has 27 heavy (non-hydrogen) atoms. The standard InChI is InChI=1S/C18H19ClFN3O4/c1-10(6-7-21-18(25)17-11(2)27-12(3)23-17)22-16(24)9-26-13-4-5-14(19)15(20)8-13/h4-5,8H,1,6-7,9H2,2-3H3,(H,21,25)(H,22,24). The van der Waals surface area contributed by atoms with Crippen LogP contribution in [0.25, 0.3) is 0 Å². The van der Waals surface area contributed by atoms with E-state index in [1.54, 1.807) is 13.8 Å². The lowest BCUT2D eigenvalue weighted by molar-refractivity contribution is -0.122. The SMILES string of the molecule is C=C(CCNC(=O)c1nc(C)oc1C)NC(=O)COc1ccc(Cl)c(F)c1. The second-order valence-corrected chi connectivity index (χ2v) is 6.07. The Hall–Kier alpha value is -2.87. The van der Waals surface area contributed by atoms with Crippen molar-refractivity contribution in [3.05, 3.63) is 58.7 Å². The number of aromatic nitrogens is 1. The molecule has 0 atom stereocenters. The first-order valence-electron chi connectivity index (χ1n) is 8.04. The van der Waals surface area contributed by atoms with Crippen LogP contribution < -0.4 is 15.4 Å². The van der Waals surface area contributed by atoms with Gasteiger partial charge in [0, 0.05) is 31.7 Å². The van der Waals surface area contributed by atoms with E-state index in [1.807, 2.05) is 0 Å². The molecule has 0 bridgehead atoms. The summed E-state index contributed by atoms with van der Waals surface area (Å²) < 4.78 is 23.7. The van der Waals surface area contributed by atoms with Crippen LogP contribution in [0.1, 0.15) is 28.6 Å². The molecule has 1 aromatic carbocycles. The fraction of sp³-hybridized carbons (Fsp3) is 0.278. The number of nitrogens with zero attached hydrogens (tertiary/aromatic N) is 1. The summed E-state index contributed by atoms with van der Waals surface area (Å²) in [6.45, 7) is 6.96. The molecule has 144 valence electrons. The van der Waals surface area contributed by atoms with E-state index in [9.17, 15) is 14.0 Å². The second-order valence-electron chi connectivity index (χ2n) is 5.66. The summed E-state index contributed by atoms with van der Waals surface area (Å²) in [6, 6.07) is 3.88. The number of aryl methyl sites for hydroxylation is 2. The summed E-state index contributed by atoms with van der Waals surface area (Å²) in [5, 5.41) is 5.18. The van der Waals surface area contributed by atoms with E-state index in [1.165, 1.54) is 12.1 Å². The zero-order valence-electron chi connectivity index (χ0n) is 14.9. The van der Waals surface area contributed by atoms with Crippen molar-refractivity contribution in [2.45, 2.75) is 20.3 Å². The molecule has 2 rings (SSSR count). The van der Waals surface area contributed by atoms with Gasteiger partial charge < -0.3 is 19.8 Å². The molecule has 9 heteroatoms. The molecule has 7 nitrogen and oxygen atoms in total. The van der Waals surface area contributed by atoms with Crippen molar-refractivity contribution in [2.75, 3.05) is 13.2 Å². The molecule has 0 fully saturated rings. The molecule has 2 amide bonds. The van der Waals surface area contributed by atoms with E-state index in [4.69, 9.17) is 20.8 Å². The van der Waals surface area contributed by atoms with Gasteiger partial charge in [-0.3, -0.25) is 9.59 Å².